The van der Waals surface area contributed by atoms with Gasteiger partial charge in [-0.3, -0.25) is 4.68 Å². The summed E-state index contributed by atoms with van der Waals surface area (Å²) in [6.07, 6.45) is 4.95. The van der Waals surface area contributed by atoms with E-state index >= 15 is 0 Å². The Labute approximate surface area is 97.2 Å². The molecule has 0 amide bonds. The number of aryl methyl sites for hydroxylation is 1. The smallest absolute Gasteiger partial charge is 0.0626 e. The Kier molecular flexibility index (Phi) is 5.45. The Balaban J connectivity index is 2.22. The quantitative estimate of drug-likeness (QED) is 0.703. The van der Waals surface area contributed by atoms with E-state index in [1.807, 2.05) is 24.1 Å². The molecule has 1 aromatic heterocycles. The third kappa shape index (κ3) is 4.74. The van der Waals surface area contributed by atoms with Crippen LogP contribution in [-0.4, -0.2) is 54.6 Å². The molecule has 0 aliphatic rings. The van der Waals surface area contributed by atoms with E-state index in [9.17, 15) is 0 Å². The molecule has 16 heavy (non-hydrogen) atoms. The van der Waals surface area contributed by atoms with Crippen LogP contribution in [0.2, 0.25) is 0 Å². The van der Waals surface area contributed by atoms with Crippen molar-refractivity contribution in [2.45, 2.75) is 12.5 Å². The number of aromatic nitrogens is 2. The van der Waals surface area contributed by atoms with Crippen molar-refractivity contribution in [2.24, 2.45) is 12.8 Å². The SMILES string of the molecule is COCC(N)CN(C)CCc1cnn(C)c1. The maximum Gasteiger partial charge on any atom is 0.0626 e. The van der Waals surface area contributed by atoms with E-state index in [1.54, 1.807) is 7.11 Å². The predicted molar refractivity (Wildman–Crippen MR) is 64.3 cm³/mol. The van der Waals surface area contributed by atoms with E-state index in [1.165, 1.54) is 5.56 Å². The molecule has 0 saturated heterocycles. The molecule has 0 aromatic carbocycles. The van der Waals surface area contributed by atoms with Crippen LogP contribution in [0.25, 0.3) is 0 Å². The number of rotatable bonds is 7. The van der Waals surface area contributed by atoms with Crippen molar-refractivity contribution in [3.05, 3.63) is 18.0 Å². The molecule has 1 rings (SSSR count). The monoisotopic (exact) mass is 226 g/mol. The van der Waals surface area contributed by atoms with Gasteiger partial charge in [-0.2, -0.15) is 5.10 Å². The largest absolute Gasteiger partial charge is 0.383 e. The molecule has 0 fully saturated rings. The number of likely N-dealkylation sites (N-methyl/N-ethyl adjacent to an activating group) is 1. The first-order valence-electron chi connectivity index (χ1n) is 5.52. The first-order chi connectivity index (χ1) is 7.61. The van der Waals surface area contributed by atoms with Gasteiger partial charge in [-0.25, -0.2) is 0 Å². The fraction of sp³-hybridized carbons (Fsp3) is 0.727. The molecular weight excluding hydrogens is 204 g/mol. The highest BCUT2D eigenvalue weighted by Crippen LogP contribution is 1.99. The van der Waals surface area contributed by atoms with Crippen molar-refractivity contribution in [2.75, 3.05) is 33.9 Å². The molecule has 0 radical (unpaired) electrons. The summed E-state index contributed by atoms with van der Waals surface area (Å²) < 4.78 is 6.83. The van der Waals surface area contributed by atoms with E-state index in [-0.39, 0.29) is 6.04 Å². The van der Waals surface area contributed by atoms with Crippen molar-refractivity contribution >= 4 is 0 Å². The molecule has 0 saturated carbocycles. The maximum absolute atomic E-state index is 5.88. The topological polar surface area (TPSA) is 56.3 Å². The minimum atomic E-state index is 0.0869. The zero-order valence-electron chi connectivity index (χ0n) is 10.4. The van der Waals surface area contributed by atoms with Crippen LogP contribution in [-0.2, 0) is 18.2 Å². The van der Waals surface area contributed by atoms with Crippen LogP contribution in [0.5, 0.6) is 0 Å². The second kappa shape index (κ2) is 6.62. The molecule has 1 atom stereocenters. The molecule has 0 bridgehead atoms. The minimum absolute atomic E-state index is 0.0869. The highest BCUT2D eigenvalue weighted by Gasteiger charge is 2.06. The molecule has 92 valence electrons. The second-order valence-corrected chi connectivity index (χ2v) is 4.25. The van der Waals surface area contributed by atoms with Gasteiger partial charge in [0.15, 0.2) is 0 Å². The van der Waals surface area contributed by atoms with E-state index in [0.717, 1.165) is 19.5 Å². The van der Waals surface area contributed by atoms with Crippen molar-refractivity contribution < 1.29 is 4.74 Å². The van der Waals surface area contributed by atoms with Gasteiger partial charge in [0.2, 0.25) is 0 Å². The van der Waals surface area contributed by atoms with Crippen molar-refractivity contribution in [1.82, 2.24) is 14.7 Å². The van der Waals surface area contributed by atoms with Gasteiger partial charge in [0.25, 0.3) is 0 Å². The van der Waals surface area contributed by atoms with Crippen LogP contribution in [0.4, 0.5) is 0 Å². The molecular formula is C11H22N4O. The van der Waals surface area contributed by atoms with Gasteiger partial charge in [0.05, 0.1) is 12.8 Å². The Hall–Kier alpha value is -0.910. The molecule has 1 unspecified atom stereocenters. The number of hydrogen-bond acceptors (Lipinski definition) is 4. The van der Waals surface area contributed by atoms with Crippen molar-refractivity contribution in [1.29, 1.82) is 0 Å². The number of nitrogens with zero attached hydrogens (tertiary/aromatic N) is 3. The first-order valence-corrected chi connectivity index (χ1v) is 5.52. The normalized spacial score (nSPS) is 13.3. The molecule has 0 spiro atoms. The summed E-state index contributed by atoms with van der Waals surface area (Å²) in [6, 6.07) is 0.0869. The summed E-state index contributed by atoms with van der Waals surface area (Å²) in [4.78, 5) is 2.22. The molecule has 1 heterocycles. The van der Waals surface area contributed by atoms with Gasteiger partial charge < -0.3 is 15.4 Å². The van der Waals surface area contributed by atoms with E-state index < -0.39 is 0 Å². The fourth-order valence-corrected chi connectivity index (χ4v) is 1.68. The lowest BCUT2D eigenvalue weighted by Crippen LogP contribution is -2.39. The highest BCUT2D eigenvalue weighted by atomic mass is 16.5. The molecule has 2 N–H and O–H groups in total. The molecule has 5 nitrogen and oxygen atoms in total. The summed E-state index contributed by atoms with van der Waals surface area (Å²) in [5, 5.41) is 4.14. The summed E-state index contributed by atoms with van der Waals surface area (Å²) in [6.45, 7) is 2.45. The standard InChI is InChI=1S/C11H22N4O/c1-14(8-11(12)9-16-3)5-4-10-6-13-15(2)7-10/h6-7,11H,4-5,8-9,12H2,1-3H3. The van der Waals surface area contributed by atoms with Crippen LogP contribution in [0, 0.1) is 0 Å². The average Bonchev–Trinajstić information content (AvgIpc) is 2.61. The van der Waals surface area contributed by atoms with Gasteiger partial charge in [-0.1, -0.05) is 0 Å². The van der Waals surface area contributed by atoms with Gasteiger partial charge in [0.1, 0.15) is 0 Å². The lowest BCUT2D eigenvalue weighted by Gasteiger charge is -2.20. The Morgan fingerprint density at radius 2 is 2.38 bits per heavy atom. The third-order valence-electron chi connectivity index (χ3n) is 2.47. The van der Waals surface area contributed by atoms with Crippen LogP contribution in [0.3, 0.4) is 0 Å². The summed E-state index contributed by atoms with van der Waals surface area (Å²) in [5.74, 6) is 0. The second-order valence-electron chi connectivity index (χ2n) is 4.25. The number of nitrogens with two attached hydrogens (primary N) is 1. The summed E-state index contributed by atoms with van der Waals surface area (Å²) in [5.41, 5.74) is 7.13. The lowest BCUT2D eigenvalue weighted by molar-refractivity contribution is 0.161. The van der Waals surface area contributed by atoms with E-state index in [2.05, 4.69) is 17.0 Å². The fourth-order valence-electron chi connectivity index (χ4n) is 1.68. The molecule has 0 aliphatic carbocycles. The van der Waals surface area contributed by atoms with Crippen LogP contribution in [0.15, 0.2) is 12.4 Å². The zero-order chi connectivity index (χ0) is 12.0. The van der Waals surface area contributed by atoms with Crippen LogP contribution in [0.1, 0.15) is 5.56 Å². The lowest BCUT2D eigenvalue weighted by atomic mass is 10.2. The van der Waals surface area contributed by atoms with E-state index in [0.29, 0.717) is 6.61 Å². The van der Waals surface area contributed by atoms with Crippen LogP contribution >= 0.6 is 0 Å². The van der Waals surface area contributed by atoms with Crippen molar-refractivity contribution in [3.63, 3.8) is 0 Å². The molecule has 5 heteroatoms. The van der Waals surface area contributed by atoms with Gasteiger partial charge in [0, 0.05) is 39.5 Å². The van der Waals surface area contributed by atoms with Crippen LogP contribution < -0.4 is 5.73 Å². The highest BCUT2D eigenvalue weighted by molar-refractivity contribution is 5.03. The summed E-state index contributed by atoms with van der Waals surface area (Å²) >= 11 is 0. The maximum atomic E-state index is 5.88. The molecule has 0 aliphatic heterocycles. The minimum Gasteiger partial charge on any atom is -0.383 e. The third-order valence-corrected chi connectivity index (χ3v) is 2.47. The Morgan fingerprint density at radius 3 is 2.94 bits per heavy atom. The predicted octanol–water partition coefficient (Wildman–Crippen LogP) is -0.132. The van der Waals surface area contributed by atoms with Gasteiger partial charge in [-0.05, 0) is 19.0 Å². The Bertz CT molecular complexity index is 300. The number of ether oxygens (including phenoxy) is 1. The molecule has 1 aromatic rings. The summed E-state index contributed by atoms with van der Waals surface area (Å²) in [7, 11) is 5.68. The van der Waals surface area contributed by atoms with Crippen molar-refractivity contribution in [3.8, 4) is 0 Å². The zero-order valence-corrected chi connectivity index (χ0v) is 10.4. The van der Waals surface area contributed by atoms with E-state index in [4.69, 9.17) is 10.5 Å². The Morgan fingerprint density at radius 1 is 1.62 bits per heavy atom. The number of methoxy groups -OCH3 is 1. The average molecular weight is 226 g/mol. The number of hydrogen-bond donors (Lipinski definition) is 1. The van der Waals surface area contributed by atoms with Gasteiger partial charge >= 0.3 is 0 Å². The van der Waals surface area contributed by atoms with Gasteiger partial charge in [-0.15, -0.1) is 0 Å². The first kappa shape index (κ1) is 13.2.